The highest BCUT2D eigenvalue weighted by Crippen LogP contribution is 2.93. The second-order valence-electron chi connectivity index (χ2n) is 6.88. The van der Waals surface area contributed by atoms with E-state index in [0.717, 1.165) is 60.8 Å². The molecule has 94 valence electrons. The molecule has 4 rings (SSSR count). The summed E-state index contributed by atoms with van der Waals surface area (Å²) in [5.74, 6) is 5.53. The number of nitrogens with one attached hydrogen (secondary N) is 1. The number of carbonyl (C=O) groups is 1. The van der Waals surface area contributed by atoms with Crippen molar-refractivity contribution in [3.05, 3.63) is 0 Å². The normalized spacial score (nSPS) is 51.9. The quantitative estimate of drug-likeness (QED) is 0.777. The molecule has 2 nitrogen and oxygen atoms in total. The highest BCUT2D eigenvalue weighted by Gasteiger charge is 2.88. The number of amides is 1. The monoisotopic (exact) mass is 233 g/mol. The first kappa shape index (κ1) is 10.4. The largest absolute Gasteiger partial charge is 0.356 e. The van der Waals surface area contributed by atoms with Gasteiger partial charge >= 0.3 is 0 Å². The lowest BCUT2D eigenvalue weighted by atomic mass is 9.82. The number of carbonyl (C=O) groups excluding carboxylic acids is 1. The van der Waals surface area contributed by atoms with E-state index in [1.165, 1.54) is 12.8 Å². The lowest BCUT2D eigenvalue weighted by Gasteiger charge is -2.23. The predicted octanol–water partition coefficient (Wildman–Crippen LogP) is 2.58. The second kappa shape index (κ2) is 3.27. The molecular weight excluding hydrogens is 210 g/mol. The van der Waals surface area contributed by atoms with Crippen LogP contribution in [0.2, 0.25) is 0 Å². The van der Waals surface area contributed by atoms with Crippen molar-refractivity contribution in [2.75, 3.05) is 6.54 Å². The van der Waals surface area contributed by atoms with Crippen LogP contribution in [0.15, 0.2) is 0 Å². The molecule has 2 heteroatoms. The third-order valence-electron chi connectivity index (χ3n) is 6.29. The first-order valence-corrected chi connectivity index (χ1v) is 7.55. The van der Waals surface area contributed by atoms with Crippen molar-refractivity contribution < 1.29 is 4.79 Å². The summed E-state index contributed by atoms with van der Waals surface area (Å²) >= 11 is 0. The molecule has 1 N–H and O–H groups in total. The van der Waals surface area contributed by atoms with Crippen molar-refractivity contribution in [1.29, 1.82) is 0 Å². The summed E-state index contributed by atoms with van der Waals surface area (Å²) in [4.78, 5) is 11.6. The van der Waals surface area contributed by atoms with Gasteiger partial charge in [0, 0.05) is 13.0 Å². The molecule has 0 aromatic carbocycles. The van der Waals surface area contributed by atoms with Gasteiger partial charge in [0.25, 0.3) is 0 Å². The fourth-order valence-corrected chi connectivity index (χ4v) is 5.56. The van der Waals surface area contributed by atoms with Crippen molar-refractivity contribution in [3.63, 3.8) is 0 Å². The summed E-state index contributed by atoms with van der Waals surface area (Å²) in [5, 5.41) is 3.17. The first-order chi connectivity index (χ1) is 8.29. The Bertz CT molecular complexity index is 366. The molecule has 0 aromatic rings. The first-order valence-electron chi connectivity index (χ1n) is 7.55. The van der Waals surface area contributed by atoms with E-state index in [2.05, 4.69) is 12.2 Å². The summed E-state index contributed by atoms with van der Waals surface area (Å²) in [6.07, 6.45) is 7.31. The molecule has 1 spiro atoms. The standard InChI is InChI=1S/C15H23NO/c1-2-3-4-12(17)16-8-9-5-6-15-11-7-10(11)14(15)13(9)15/h9-11,13-14H,2-8H2,1H3,(H,16,17)/t9?,10?,11-,13?,14+,15?/m0/s1. The van der Waals surface area contributed by atoms with Crippen LogP contribution in [-0.4, -0.2) is 12.5 Å². The lowest BCUT2D eigenvalue weighted by molar-refractivity contribution is -0.121. The third kappa shape index (κ3) is 1.19. The van der Waals surface area contributed by atoms with Crippen LogP contribution in [0.1, 0.15) is 45.4 Å². The molecule has 4 fully saturated rings. The van der Waals surface area contributed by atoms with Crippen LogP contribution >= 0.6 is 0 Å². The zero-order chi connectivity index (χ0) is 11.6. The Labute approximate surface area is 104 Å². The molecule has 4 saturated carbocycles. The number of hydrogen-bond acceptors (Lipinski definition) is 1. The molecule has 0 aliphatic heterocycles. The predicted molar refractivity (Wildman–Crippen MR) is 66.3 cm³/mol. The maximum absolute atomic E-state index is 11.6. The van der Waals surface area contributed by atoms with Gasteiger partial charge in [-0.05, 0) is 60.7 Å². The Morgan fingerprint density at radius 1 is 1.41 bits per heavy atom. The number of hydrogen-bond donors (Lipinski definition) is 1. The molecule has 4 aliphatic rings. The molecule has 0 aromatic heterocycles. The molecule has 0 heterocycles. The SMILES string of the molecule is CCCCC(=O)NCC1CCC23C1[C@H]2C1C[C@@H]13. The molecular formula is C15H23NO. The average molecular weight is 233 g/mol. The van der Waals surface area contributed by atoms with Crippen LogP contribution in [0, 0.1) is 35.0 Å². The van der Waals surface area contributed by atoms with Gasteiger partial charge in [0.05, 0.1) is 0 Å². The molecule has 0 bridgehead atoms. The van der Waals surface area contributed by atoms with Gasteiger partial charge in [-0.25, -0.2) is 0 Å². The van der Waals surface area contributed by atoms with E-state index < -0.39 is 0 Å². The van der Waals surface area contributed by atoms with Crippen molar-refractivity contribution in [3.8, 4) is 0 Å². The van der Waals surface area contributed by atoms with Crippen LogP contribution in [0.25, 0.3) is 0 Å². The molecule has 1 amide bonds. The Hall–Kier alpha value is -0.530. The fraction of sp³-hybridized carbons (Fsp3) is 0.933. The van der Waals surface area contributed by atoms with Crippen molar-refractivity contribution in [2.24, 2.45) is 35.0 Å². The van der Waals surface area contributed by atoms with Crippen LogP contribution < -0.4 is 5.32 Å². The summed E-state index contributed by atoms with van der Waals surface area (Å²) in [6, 6.07) is 0. The zero-order valence-electron chi connectivity index (χ0n) is 10.7. The summed E-state index contributed by atoms with van der Waals surface area (Å²) < 4.78 is 0. The van der Waals surface area contributed by atoms with Gasteiger partial charge in [-0.3, -0.25) is 4.79 Å². The maximum Gasteiger partial charge on any atom is 0.220 e. The minimum atomic E-state index is 0.283. The highest BCUT2D eigenvalue weighted by atomic mass is 16.1. The smallest absolute Gasteiger partial charge is 0.220 e. The average Bonchev–Trinajstić information content (AvgIpc) is 3.12. The van der Waals surface area contributed by atoms with E-state index >= 15 is 0 Å². The fourth-order valence-electron chi connectivity index (χ4n) is 5.56. The summed E-state index contributed by atoms with van der Waals surface area (Å²) in [5.41, 5.74) is 0.837. The molecule has 0 saturated heterocycles. The van der Waals surface area contributed by atoms with Crippen LogP contribution in [-0.2, 0) is 4.79 Å². The van der Waals surface area contributed by atoms with Gasteiger partial charge in [0.15, 0.2) is 0 Å². The van der Waals surface area contributed by atoms with Crippen LogP contribution in [0.4, 0.5) is 0 Å². The van der Waals surface area contributed by atoms with E-state index in [1.54, 1.807) is 6.42 Å². The van der Waals surface area contributed by atoms with Crippen molar-refractivity contribution >= 4 is 5.91 Å². The zero-order valence-corrected chi connectivity index (χ0v) is 10.7. The van der Waals surface area contributed by atoms with E-state index in [4.69, 9.17) is 0 Å². The number of rotatable bonds is 5. The van der Waals surface area contributed by atoms with Gasteiger partial charge < -0.3 is 5.32 Å². The van der Waals surface area contributed by atoms with Gasteiger partial charge in [-0.1, -0.05) is 13.3 Å². The minimum absolute atomic E-state index is 0.283. The third-order valence-corrected chi connectivity index (χ3v) is 6.29. The Morgan fingerprint density at radius 2 is 2.29 bits per heavy atom. The topological polar surface area (TPSA) is 29.1 Å². The van der Waals surface area contributed by atoms with E-state index in [0.29, 0.717) is 0 Å². The molecule has 4 unspecified atom stereocenters. The summed E-state index contributed by atoms with van der Waals surface area (Å²) in [7, 11) is 0. The second-order valence-corrected chi connectivity index (χ2v) is 6.88. The molecule has 17 heavy (non-hydrogen) atoms. The Balaban J connectivity index is 1.27. The number of unbranched alkanes of at least 4 members (excludes halogenated alkanes) is 1. The summed E-state index contributed by atoms with van der Waals surface area (Å²) in [6.45, 7) is 3.12. The van der Waals surface area contributed by atoms with E-state index in [1.807, 2.05) is 0 Å². The van der Waals surface area contributed by atoms with Gasteiger partial charge in [0.1, 0.15) is 0 Å². The Morgan fingerprint density at radius 3 is 3.06 bits per heavy atom. The molecule has 4 aliphatic carbocycles. The Kier molecular flexibility index (Phi) is 2.00. The molecule has 6 atom stereocenters. The van der Waals surface area contributed by atoms with E-state index in [9.17, 15) is 4.79 Å². The number of fused-ring (bicyclic) bond motifs is 3. The van der Waals surface area contributed by atoms with Crippen molar-refractivity contribution in [2.45, 2.75) is 45.4 Å². The van der Waals surface area contributed by atoms with Gasteiger partial charge in [-0.15, -0.1) is 0 Å². The van der Waals surface area contributed by atoms with Crippen LogP contribution in [0.5, 0.6) is 0 Å². The maximum atomic E-state index is 11.6. The lowest BCUT2D eigenvalue weighted by Crippen LogP contribution is -2.29. The minimum Gasteiger partial charge on any atom is -0.356 e. The highest BCUT2D eigenvalue weighted by molar-refractivity contribution is 5.75. The van der Waals surface area contributed by atoms with Gasteiger partial charge in [-0.2, -0.15) is 0 Å². The van der Waals surface area contributed by atoms with Crippen molar-refractivity contribution in [1.82, 2.24) is 5.32 Å². The van der Waals surface area contributed by atoms with E-state index in [-0.39, 0.29) is 5.91 Å². The molecule has 0 radical (unpaired) electrons. The van der Waals surface area contributed by atoms with Crippen LogP contribution in [0.3, 0.4) is 0 Å². The van der Waals surface area contributed by atoms with Gasteiger partial charge in [0.2, 0.25) is 5.91 Å².